The smallest absolute Gasteiger partial charge is 0.394 e. The van der Waals surface area contributed by atoms with E-state index in [1.165, 1.54) is 17.2 Å². The molecule has 168 valence electrons. The third-order valence-electron chi connectivity index (χ3n) is 4.57. The van der Waals surface area contributed by atoms with Crippen LogP contribution in [0.25, 0.3) is 11.2 Å². The van der Waals surface area contributed by atoms with Gasteiger partial charge in [0.05, 0.1) is 38.3 Å². The summed E-state index contributed by atoms with van der Waals surface area (Å²) in [7, 11) is -4.16. The fourth-order valence-corrected chi connectivity index (χ4v) is 3.74. The van der Waals surface area contributed by atoms with Gasteiger partial charge in [0.25, 0.3) is 0 Å². The van der Waals surface area contributed by atoms with Gasteiger partial charge in [-0.15, -0.1) is 0 Å². The Morgan fingerprint density at radius 2 is 1.90 bits per heavy atom. The predicted molar refractivity (Wildman–Crippen MR) is 98.5 cm³/mol. The molecule has 15 nitrogen and oxygen atoms in total. The van der Waals surface area contributed by atoms with Gasteiger partial charge in [0.15, 0.2) is 17.7 Å². The summed E-state index contributed by atoms with van der Waals surface area (Å²) in [5, 5.41) is 35.4. The first-order chi connectivity index (χ1) is 14.1. The molecular formula is C14H23N6O9P. The second-order valence-electron chi connectivity index (χ2n) is 6.81. The Labute approximate surface area is 169 Å². The van der Waals surface area contributed by atoms with Gasteiger partial charge in [-0.1, -0.05) is 0 Å². The molecule has 0 aliphatic carbocycles. The Kier molecular flexibility index (Phi) is 6.69. The molecule has 4 heterocycles. The number of hydrogen-bond donors (Lipinski definition) is 7. The van der Waals surface area contributed by atoms with Crippen LogP contribution in [-0.4, -0.2) is 95.1 Å². The van der Waals surface area contributed by atoms with Crippen molar-refractivity contribution in [1.82, 2.24) is 19.5 Å². The molecule has 0 aromatic carbocycles. The fourth-order valence-electron chi connectivity index (χ4n) is 2.77. The minimum Gasteiger partial charge on any atom is -0.394 e. The summed E-state index contributed by atoms with van der Waals surface area (Å²) in [6.45, 7) is -1.37. The highest BCUT2D eigenvalue weighted by atomic mass is 31.2. The average Bonchev–Trinajstić information content (AvgIpc) is 3.29. The quantitative estimate of drug-likeness (QED) is 0.227. The number of imidazole rings is 1. The lowest BCUT2D eigenvalue weighted by Gasteiger charge is -2.27. The molecule has 16 heteroatoms. The van der Waals surface area contributed by atoms with Gasteiger partial charge in [-0.25, -0.2) is 19.5 Å². The summed E-state index contributed by atoms with van der Waals surface area (Å²) in [6, 6.07) is 0. The second kappa shape index (κ2) is 8.76. The molecule has 2 aliphatic heterocycles. The third-order valence-corrected chi connectivity index (χ3v) is 5.56. The maximum atomic E-state index is 11.5. The number of phosphoric acid groups is 1. The summed E-state index contributed by atoms with van der Waals surface area (Å²) < 4.78 is 28.2. The standard InChI is InChI=1S/C10H12N5O6P.C4H11NO3/c11-8-5-9(13-2-12-8)15(3-14-5)10-6(16)7-4(20-10)1-19-22(17,18)21-7;5-4(1-6,2-7)3-8/h2-4,6-7,10,16H,1H2,(H,17,18)(H2,11,12,13);6-8H,1-3,5H2. The average molecular weight is 450 g/mol. The number of aromatic nitrogens is 4. The number of phosphoric ester groups is 1. The van der Waals surface area contributed by atoms with Crippen molar-refractivity contribution in [1.29, 1.82) is 0 Å². The topological polar surface area (TPSA) is 242 Å². The van der Waals surface area contributed by atoms with Crippen LogP contribution in [0.2, 0.25) is 0 Å². The van der Waals surface area contributed by atoms with Crippen molar-refractivity contribution < 1.29 is 43.7 Å². The number of nitrogen functional groups attached to an aromatic ring is 1. The molecule has 2 saturated heterocycles. The molecule has 2 aliphatic rings. The van der Waals surface area contributed by atoms with Gasteiger partial charge < -0.3 is 41.5 Å². The van der Waals surface area contributed by atoms with Crippen molar-refractivity contribution in [2.75, 3.05) is 32.2 Å². The molecule has 9 N–H and O–H groups in total. The van der Waals surface area contributed by atoms with Gasteiger partial charge in [0, 0.05) is 0 Å². The van der Waals surface area contributed by atoms with E-state index in [1.54, 1.807) is 0 Å². The van der Waals surface area contributed by atoms with Crippen LogP contribution in [0, 0.1) is 0 Å². The Bertz CT molecular complexity index is 916. The van der Waals surface area contributed by atoms with Crippen molar-refractivity contribution in [2.24, 2.45) is 5.73 Å². The number of hydrogen-bond acceptors (Lipinski definition) is 13. The van der Waals surface area contributed by atoms with Crippen molar-refractivity contribution in [2.45, 2.75) is 30.1 Å². The first kappa shape index (κ1) is 22.9. The van der Waals surface area contributed by atoms with Gasteiger partial charge in [-0.3, -0.25) is 13.6 Å². The normalized spacial score (nSPS) is 31.3. The van der Waals surface area contributed by atoms with E-state index in [2.05, 4.69) is 19.5 Å². The van der Waals surface area contributed by atoms with Crippen molar-refractivity contribution >= 4 is 24.8 Å². The van der Waals surface area contributed by atoms with Crippen molar-refractivity contribution in [3.8, 4) is 0 Å². The molecule has 2 fully saturated rings. The SMILES string of the molecule is NC(CO)(CO)CO.Nc1ncnc2c1ncn2C1OC2COP(=O)(O)OC2C1O. The summed E-state index contributed by atoms with van der Waals surface area (Å²) in [4.78, 5) is 21.3. The van der Waals surface area contributed by atoms with E-state index in [1.807, 2.05) is 0 Å². The Balaban J connectivity index is 0.000000275. The summed E-state index contributed by atoms with van der Waals surface area (Å²) in [6.07, 6.45) is -1.07. The summed E-state index contributed by atoms with van der Waals surface area (Å²) >= 11 is 0. The molecule has 0 bridgehead atoms. The number of aliphatic hydroxyl groups is 4. The Hall–Kier alpha value is -1.78. The van der Waals surface area contributed by atoms with E-state index in [-0.39, 0.29) is 12.4 Å². The van der Waals surface area contributed by atoms with Crippen LogP contribution in [-0.2, 0) is 18.3 Å². The van der Waals surface area contributed by atoms with Crippen LogP contribution in [0.4, 0.5) is 5.82 Å². The monoisotopic (exact) mass is 450 g/mol. The number of rotatable bonds is 4. The summed E-state index contributed by atoms with van der Waals surface area (Å²) in [5.74, 6) is 0.202. The van der Waals surface area contributed by atoms with E-state index in [0.29, 0.717) is 11.2 Å². The molecule has 2 aromatic heterocycles. The number of ether oxygens (including phenoxy) is 1. The number of nitrogens with zero attached hydrogens (tertiary/aromatic N) is 4. The Morgan fingerprint density at radius 1 is 1.23 bits per heavy atom. The second-order valence-corrected chi connectivity index (χ2v) is 8.22. The van der Waals surface area contributed by atoms with E-state index >= 15 is 0 Å². The molecule has 0 amide bonds. The van der Waals surface area contributed by atoms with Crippen LogP contribution in [0.1, 0.15) is 6.23 Å². The van der Waals surface area contributed by atoms with Gasteiger partial charge in [0.2, 0.25) is 0 Å². The van der Waals surface area contributed by atoms with Gasteiger partial charge in [-0.05, 0) is 0 Å². The molecular weight excluding hydrogens is 427 g/mol. The highest BCUT2D eigenvalue weighted by molar-refractivity contribution is 7.47. The van der Waals surface area contributed by atoms with Crippen LogP contribution in [0.5, 0.6) is 0 Å². The highest BCUT2D eigenvalue weighted by Gasteiger charge is 2.52. The minimum atomic E-state index is -4.16. The van der Waals surface area contributed by atoms with Gasteiger partial charge in [-0.2, -0.15) is 0 Å². The van der Waals surface area contributed by atoms with Crippen LogP contribution < -0.4 is 11.5 Å². The molecule has 5 unspecified atom stereocenters. The van der Waals surface area contributed by atoms with E-state index in [9.17, 15) is 14.6 Å². The zero-order chi connectivity index (χ0) is 22.1. The fraction of sp³-hybridized carbons (Fsp3) is 0.643. The van der Waals surface area contributed by atoms with E-state index in [0.717, 1.165) is 0 Å². The lowest BCUT2D eigenvalue weighted by Crippen LogP contribution is -2.50. The van der Waals surface area contributed by atoms with E-state index in [4.69, 9.17) is 36.0 Å². The Morgan fingerprint density at radius 3 is 2.50 bits per heavy atom. The molecule has 2 aromatic rings. The summed E-state index contributed by atoms with van der Waals surface area (Å²) in [5.41, 5.74) is 10.4. The number of fused-ring (bicyclic) bond motifs is 2. The largest absolute Gasteiger partial charge is 0.472 e. The van der Waals surface area contributed by atoms with Gasteiger partial charge >= 0.3 is 7.82 Å². The number of aliphatic hydroxyl groups excluding tert-OH is 4. The van der Waals surface area contributed by atoms with E-state index < -0.39 is 57.7 Å². The van der Waals surface area contributed by atoms with Crippen molar-refractivity contribution in [3.63, 3.8) is 0 Å². The number of anilines is 1. The van der Waals surface area contributed by atoms with Crippen molar-refractivity contribution in [3.05, 3.63) is 12.7 Å². The lowest BCUT2D eigenvalue weighted by atomic mass is 10.1. The maximum Gasteiger partial charge on any atom is 0.472 e. The molecule has 0 radical (unpaired) electrons. The molecule has 0 spiro atoms. The first-order valence-corrected chi connectivity index (χ1v) is 10.2. The third kappa shape index (κ3) is 4.45. The van der Waals surface area contributed by atoms with Crippen LogP contribution in [0.15, 0.2) is 12.7 Å². The van der Waals surface area contributed by atoms with Crippen LogP contribution in [0.3, 0.4) is 0 Å². The van der Waals surface area contributed by atoms with Crippen LogP contribution >= 0.6 is 7.82 Å². The number of nitrogens with two attached hydrogens (primary N) is 2. The maximum absolute atomic E-state index is 11.5. The van der Waals surface area contributed by atoms with Gasteiger partial charge in [0.1, 0.15) is 30.2 Å². The lowest BCUT2D eigenvalue weighted by molar-refractivity contribution is -0.0664. The first-order valence-electron chi connectivity index (χ1n) is 8.68. The predicted octanol–water partition coefficient (Wildman–Crippen LogP) is -3.16. The zero-order valence-corrected chi connectivity index (χ0v) is 16.4. The highest BCUT2D eigenvalue weighted by Crippen LogP contribution is 2.52. The molecule has 30 heavy (non-hydrogen) atoms. The minimum absolute atomic E-state index is 0.157. The molecule has 0 saturated carbocycles. The molecule has 4 rings (SSSR count). The molecule has 5 atom stereocenters. The zero-order valence-electron chi connectivity index (χ0n) is 15.6.